The van der Waals surface area contributed by atoms with E-state index in [1.54, 1.807) is 25.3 Å². The smallest absolute Gasteiger partial charge is 0.311 e. The molecule has 2 aromatic carbocycles. The van der Waals surface area contributed by atoms with Crippen LogP contribution in [0.15, 0.2) is 47.6 Å². The number of hydrogen-bond acceptors (Lipinski definition) is 6. The topological polar surface area (TPSA) is 88.6 Å². The molecule has 7 nitrogen and oxygen atoms in total. The molecule has 28 heavy (non-hydrogen) atoms. The Bertz CT molecular complexity index is 768. The van der Waals surface area contributed by atoms with Crippen LogP contribution in [-0.4, -0.2) is 39.5 Å². The van der Waals surface area contributed by atoms with E-state index in [0.29, 0.717) is 49.8 Å². The van der Waals surface area contributed by atoms with Crippen LogP contribution in [0.3, 0.4) is 0 Å². The minimum absolute atomic E-state index is 0.0590. The van der Waals surface area contributed by atoms with Gasteiger partial charge in [-0.15, -0.1) is 0 Å². The van der Waals surface area contributed by atoms with Gasteiger partial charge in [-0.3, -0.25) is 4.79 Å². The lowest BCUT2D eigenvalue weighted by molar-refractivity contribution is -0.134. The Morgan fingerprint density at radius 2 is 1.75 bits per heavy atom. The van der Waals surface area contributed by atoms with Crippen molar-refractivity contribution in [3.8, 4) is 11.5 Å². The van der Waals surface area contributed by atoms with Gasteiger partial charge in [-0.25, -0.2) is 4.39 Å². The standard InChI is InChI=1S/C20H22FN2O5/c1-25-10-11-26-12-13-27-18-7-8-19(23-22)15(14-18)2-9-20(24)28-17-5-3-16(21)4-6-17/h3-8,14H,2,9-13H2,1H3/q-1. The summed E-state index contributed by atoms with van der Waals surface area (Å²) in [6, 6.07) is 10.2. The van der Waals surface area contributed by atoms with E-state index in [2.05, 4.69) is 5.11 Å². The van der Waals surface area contributed by atoms with Crippen LogP contribution >= 0.6 is 0 Å². The Labute approximate surface area is 162 Å². The van der Waals surface area contributed by atoms with Crippen molar-refractivity contribution < 1.29 is 28.1 Å². The Balaban J connectivity index is 1.85. The van der Waals surface area contributed by atoms with Gasteiger partial charge in [0.15, 0.2) is 0 Å². The van der Waals surface area contributed by atoms with E-state index < -0.39 is 11.8 Å². The van der Waals surface area contributed by atoms with Crippen molar-refractivity contribution in [1.82, 2.24) is 0 Å². The molecule has 0 aromatic heterocycles. The van der Waals surface area contributed by atoms with Crippen LogP contribution < -0.4 is 9.47 Å². The third-order valence-corrected chi connectivity index (χ3v) is 3.73. The normalized spacial score (nSPS) is 10.5. The summed E-state index contributed by atoms with van der Waals surface area (Å²) in [6.07, 6.45) is 0.352. The summed E-state index contributed by atoms with van der Waals surface area (Å²) in [6.45, 7) is 1.77. The van der Waals surface area contributed by atoms with E-state index in [1.807, 2.05) is 0 Å². The number of ether oxygens (including phenoxy) is 4. The SMILES string of the molecule is COCCOCCOc1ccc(N=[N-])c(CCC(=O)Oc2ccc(F)cc2)c1. The average Bonchev–Trinajstić information content (AvgIpc) is 2.71. The Hall–Kier alpha value is -2.84. The Morgan fingerprint density at radius 3 is 2.46 bits per heavy atom. The van der Waals surface area contributed by atoms with Gasteiger partial charge < -0.3 is 29.6 Å². The van der Waals surface area contributed by atoms with Crippen molar-refractivity contribution >= 4 is 11.7 Å². The van der Waals surface area contributed by atoms with E-state index >= 15 is 0 Å². The lowest BCUT2D eigenvalue weighted by Crippen LogP contribution is -2.10. The third-order valence-electron chi connectivity index (χ3n) is 3.73. The number of methoxy groups -OCH3 is 1. The molecule has 0 bridgehead atoms. The van der Waals surface area contributed by atoms with Crippen molar-refractivity contribution in [2.45, 2.75) is 12.8 Å². The molecule has 0 amide bonds. The molecule has 0 saturated carbocycles. The van der Waals surface area contributed by atoms with Gasteiger partial charge in [0.05, 0.1) is 26.2 Å². The van der Waals surface area contributed by atoms with Gasteiger partial charge in [0, 0.05) is 12.8 Å². The molecule has 0 fully saturated rings. The second kappa shape index (κ2) is 11.8. The molecule has 0 aliphatic heterocycles. The predicted molar refractivity (Wildman–Crippen MR) is 100 cm³/mol. The fraction of sp³-hybridized carbons (Fsp3) is 0.350. The number of rotatable bonds is 12. The zero-order valence-corrected chi connectivity index (χ0v) is 15.6. The van der Waals surface area contributed by atoms with Crippen molar-refractivity contribution in [3.63, 3.8) is 0 Å². The highest BCUT2D eigenvalue weighted by molar-refractivity contribution is 5.73. The highest BCUT2D eigenvalue weighted by Crippen LogP contribution is 2.26. The van der Waals surface area contributed by atoms with Crippen LogP contribution in [-0.2, 0) is 20.7 Å². The molecule has 0 aliphatic rings. The number of nitrogens with zero attached hydrogens (tertiary/aromatic N) is 2. The highest BCUT2D eigenvalue weighted by Gasteiger charge is 2.09. The molecule has 150 valence electrons. The number of aryl methyl sites for hydroxylation is 1. The molecule has 0 aliphatic carbocycles. The number of carbonyl (C=O) groups excluding carboxylic acids is 1. The summed E-state index contributed by atoms with van der Waals surface area (Å²) in [5.41, 5.74) is 10.1. The first-order valence-electron chi connectivity index (χ1n) is 8.76. The molecule has 0 heterocycles. The average molecular weight is 389 g/mol. The summed E-state index contributed by atoms with van der Waals surface area (Å²) in [7, 11) is 1.60. The van der Waals surface area contributed by atoms with Gasteiger partial charge in [-0.1, -0.05) is 0 Å². The van der Waals surface area contributed by atoms with Crippen LogP contribution in [0, 0.1) is 5.82 Å². The molecule has 0 saturated heterocycles. The zero-order valence-electron chi connectivity index (χ0n) is 15.6. The number of benzene rings is 2. The molecule has 2 aromatic rings. The van der Waals surface area contributed by atoms with Gasteiger partial charge in [-0.05, 0) is 54.4 Å². The Kier molecular flexibility index (Phi) is 9.03. The van der Waals surface area contributed by atoms with Crippen molar-refractivity contribution in [2.75, 3.05) is 33.5 Å². The number of carbonyl (C=O) groups is 1. The predicted octanol–water partition coefficient (Wildman–Crippen LogP) is 4.06. The van der Waals surface area contributed by atoms with Crippen molar-refractivity contribution in [1.29, 1.82) is 0 Å². The first kappa shape index (κ1) is 21.5. The number of halogens is 1. The van der Waals surface area contributed by atoms with E-state index in [0.717, 1.165) is 0 Å². The van der Waals surface area contributed by atoms with Crippen LogP contribution in [0.5, 0.6) is 11.5 Å². The van der Waals surface area contributed by atoms with Crippen LogP contribution in [0.4, 0.5) is 10.1 Å². The minimum Gasteiger partial charge on any atom is -0.706 e. The largest absolute Gasteiger partial charge is 0.706 e. The number of hydrogen-bond donors (Lipinski definition) is 0. The zero-order chi connectivity index (χ0) is 20.2. The van der Waals surface area contributed by atoms with Crippen molar-refractivity contribution in [2.24, 2.45) is 5.11 Å². The van der Waals surface area contributed by atoms with Gasteiger partial charge in [-0.2, -0.15) is 0 Å². The highest BCUT2D eigenvalue weighted by atomic mass is 19.1. The first-order valence-corrected chi connectivity index (χ1v) is 8.76. The van der Waals surface area contributed by atoms with Crippen LogP contribution in [0.1, 0.15) is 12.0 Å². The maximum absolute atomic E-state index is 12.9. The molecule has 0 radical (unpaired) electrons. The summed E-state index contributed by atoms with van der Waals surface area (Å²) in [4.78, 5) is 12.0. The van der Waals surface area contributed by atoms with E-state index in [9.17, 15) is 9.18 Å². The van der Waals surface area contributed by atoms with E-state index in [1.165, 1.54) is 24.3 Å². The quantitative estimate of drug-likeness (QED) is 0.236. The van der Waals surface area contributed by atoms with Crippen molar-refractivity contribution in [3.05, 3.63) is 59.4 Å². The Morgan fingerprint density at radius 1 is 1.04 bits per heavy atom. The molecule has 0 atom stereocenters. The maximum Gasteiger partial charge on any atom is 0.311 e. The summed E-state index contributed by atoms with van der Waals surface area (Å²) in [5, 5.41) is 3.23. The monoisotopic (exact) mass is 389 g/mol. The minimum atomic E-state index is -0.478. The fourth-order valence-corrected chi connectivity index (χ4v) is 2.33. The summed E-state index contributed by atoms with van der Waals surface area (Å²) < 4.78 is 33.8. The van der Waals surface area contributed by atoms with Crippen LogP contribution in [0.25, 0.3) is 5.53 Å². The van der Waals surface area contributed by atoms with E-state index in [4.69, 9.17) is 24.5 Å². The molecular formula is C20H22FN2O5-. The van der Waals surface area contributed by atoms with Gasteiger partial charge >= 0.3 is 5.97 Å². The van der Waals surface area contributed by atoms with Gasteiger partial charge in [0.1, 0.15) is 23.9 Å². The first-order chi connectivity index (χ1) is 13.6. The van der Waals surface area contributed by atoms with Gasteiger partial charge in [0.25, 0.3) is 0 Å². The molecule has 0 spiro atoms. The van der Waals surface area contributed by atoms with Crippen LogP contribution in [0.2, 0.25) is 0 Å². The molecule has 0 N–H and O–H groups in total. The number of esters is 1. The van der Waals surface area contributed by atoms with E-state index in [-0.39, 0.29) is 12.2 Å². The third kappa shape index (κ3) is 7.42. The summed E-state index contributed by atoms with van der Waals surface area (Å²) in [5.74, 6) is -0.0445. The lowest BCUT2D eigenvalue weighted by atomic mass is 10.1. The fourth-order valence-electron chi connectivity index (χ4n) is 2.33. The molecular weight excluding hydrogens is 367 g/mol. The second-order valence-electron chi connectivity index (χ2n) is 5.77. The second-order valence-corrected chi connectivity index (χ2v) is 5.77. The molecule has 0 unspecified atom stereocenters. The lowest BCUT2D eigenvalue weighted by Gasteiger charge is -2.12. The maximum atomic E-state index is 12.9. The summed E-state index contributed by atoms with van der Waals surface area (Å²) >= 11 is 0. The molecule has 2 rings (SSSR count). The molecule has 8 heteroatoms. The van der Waals surface area contributed by atoms with Gasteiger partial charge in [0.2, 0.25) is 0 Å².